The van der Waals surface area contributed by atoms with Crippen LogP contribution in [-0.2, 0) is 16.8 Å². The average molecular weight is 295 g/mol. The standard InChI is InChI=1S/C16H25NO2S/c1-16(2,3)13-7-5-12(6-8-13)11-17-14(15(18)19)9-10-20-4/h5-8,14,17H,9-11H2,1-4H3,(H,18,19)/t14-/m1/s1. The number of carboxylic acid groups (broad SMARTS) is 1. The summed E-state index contributed by atoms with van der Waals surface area (Å²) in [5.41, 5.74) is 2.56. The van der Waals surface area contributed by atoms with Crippen molar-refractivity contribution in [3.05, 3.63) is 35.4 Å². The highest BCUT2D eigenvalue weighted by Gasteiger charge is 2.16. The van der Waals surface area contributed by atoms with Crippen molar-refractivity contribution < 1.29 is 9.90 Å². The van der Waals surface area contributed by atoms with Crippen molar-refractivity contribution in [2.24, 2.45) is 0 Å². The normalized spacial score (nSPS) is 13.2. The van der Waals surface area contributed by atoms with Crippen LogP contribution in [0.5, 0.6) is 0 Å². The van der Waals surface area contributed by atoms with Crippen LogP contribution in [0.25, 0.3) is 0 Å². The Labute approximate surface area is 126 Å². The van der Waals surface area contributed by atoms with Crippen LogP contribution in [-0.4, -0.2) is 29.1 Å². The maximum atomic E-state index is 11.1. The number of aliphatic carboxylic acids is 1. The number of thioether (sulfide) groups is 1. The molecule has 0 saturated carbocycles. The predicted molar refractivity (Wildman–Crippen MR) is 86.4 cm³/mol. The zero-order valence-electron chi connectivity index (χ0n) is 12.8. The van der Waals surface area contributed by atoms with Crippen molar-refractivity contribution in [2.75, 3.05) is 12.0 Å². The molecular formula is C16H25NO2S. The molecule has 0 aliphatic heterocycles. The summed E-state index contributed by atoms with van der Waals surface area (Å²) in [6.45, 7) is 7.14. The Bertz CT molecular complexity index is 423. The van der Waals surface area contributed by atoms with Crippen molar-refractivity contribution in [1.29, 1.82) is 0 Å². The summed E-state index contributed by atoms with van der Waals surface area (Å²) in [6.07, 6.45) is 2.64. The lowest BCUT2D eigenvalue weighted by Gasteiger charge is -2.19. The second-order valence-electron chi connectivity index (χ2n) is 6.00. The maximum absolute atomic E-state index is 11.1. The zero-order chi connectivity index (χ0) is 15.2. The Kier molecular flexibility index (Phi) is 6.56. The van der Waals surface area contributed by atoms with Gasteiger partial charge in [0, 0.05) is 6.54 Å². The molecule has 1 rings (SSSR count). The number of hydrogen-bond acceptors (Lipinski definition) is 3. The first-order chi connectivity index (χ1) is 9.34. The van der Waals surface area contributed by atoms with Gasteiger partial charge < -0.3 is 10.4 Å². The van der Waals surface area contributed by atoms with E-state index in [-0.39, 0.29) is 5.41 Å². The SMILES string of the molecule is CSCC[C@@H](NCc1ccc(C(C)(C)C)cc1)C(=O)O. The van der Waals surface area contributed by atoms with E-state index >= 15 is 0 Å². The fraction of sp³-hybridized carbons (Fsp3) is 0.562. The average Bonchev–Trinajstić information content (AvgIpc) is 2.38. The maximum Gasteiger partial charge on any atom is 0.320 e. The van der Waals surface area contributed by atoms with Gasteiger partial charge in [0.1, 0.15) is 6.04 Å². The molecule has 4 heteroatoms. The first-order valence-corrected chi connectivity index (χ1v) is 8.28. The molecule has 1 atom stereocenters. The Balaban J connectivity index is 2.58. The first-order valence-electron chi connectivity index (χ1n) is 6.89. The van der Waals surface area contributed by atoms with E-state index in [1.165, 1.54) is 5.56 Å². The molecule has 20 heavy (non-hydrogen) atoms. The minimum Gasteiger partial charge on any atom is -0.480 e. The largest absolute Gasteiger partial charge is 0.480 e. The number of carbonyl (C=O) groups is 1. The molecule has 112 valence electrons. The van der Waals surface area contributed by atoms with Crippen LogP contribution in [0, 0.1) is 0 Å². The minimum atomic E-state index is -0.773. The van der Waals surface area contributed by atoms with Gasteiger partial charge in [-0.15, -0.1) is 0 Å². The molecule has 0 heterocycles. The minimum absolute atomic E-state index is 0.147. The number of nitrogens with one attached hydrogen (secondary N) is 1. The molecule has 0 unspecified atom stereocenters. The Hall–Kier alpha value is -1.00. The molecule has 0 bridgehead atoms. The Morgan fingerprint density at radius 3 is 2.35 bits per heavy atom. The third-order valence-corrected chi connectivity index (χ3v) is 3.93. The third kappa shape index (κ3) is 5.55. The van der Waals surface area contributed by atoms with Crippen LogP contribution in [0.1, 0.15) is 38.3 Å². The quantitative estimate of drug-likeness (QED) is 0.810. The van der Waals surface area contributed by atoms with Gasteiger partial charge in [-0.2, -0.15) is 11.8 Å². The fourth-order valence-corrected chi connectivity index (χ4v) is 2.38. The highest BCUT2D eigenvalue weighted by molar-refractivity contribution is 7.98. The van der Waals surface area contributed by atoms with Gasteiger partial charge >= 0.3 is 5.97 Å². The lowest BCUT2D eigenvalue weighted by Crippen LogP contribution is -2.36. The van der Waals surface area contributed by atoms with Crippen LogP contribution in [0.3, 0.4) is 0 Å². The van der Waals surface area contributed by atoms with Gasteiger partial charge in [0.05, 0.1) is 0 Å². The second kappa shape index (κ2) is 7.70. The summed E-state index contributed by atoms with van der Waals surface area (Å²) in [4.78, 5) is 11.1. The summed E-state index contributed by atoms with van der Waals surface area (Å²) < 4.78 is 0. The van der Waals surface area contributed by atoms with E-state index in [2.05, 4.69) is 50.4 Å². The molecule has 0 radical (unpaired) electrons. The van der Waals surface area contributed by atoms with Gasteiger partial charge in [-0.25, -0.2) is 0 Å². The van der Waals surface area contributed by atoms with E-state index in [4.69, 9.17) is 5.11 Å². The van der Waals surface area contributed by atoms with E-state index in [9.17, 15) is 4.79 Å². The van der Waals surface area contributed by atoms with E-state index in [1.54, 1.807) is 11.8 Å². The molecule has 0 fully saturated rings. The van der Waals surface area contributed by atoms with E-state index in [0.29, 0.717) is 13.0 Å². The van der Waals surface area contributed by atoms with Crippen LogP contribution in [0.4, 0.5) is 0 Å². The number of carboxylic acids is 1. The smallest absolute Gasteiger partial charge is 0.320 e. The summed E-state index contributed by atoms with van der Waals surface area (Å²) >= 11 is 1.67. The number of rotatable bonds is 7. The van der Waals surface area contributed by atoms with Crippen LogP contribution >= 0.6 is 11.8 Å². The van der Waals surface area contributed by atoms with Gasteiger partial charge in [-0.1, -0.05) is 45.0 Å². The Morgan fingerprint density at radius 2 is 1.90 bits per heavy atom. The molecule has 2 N–H and O–H groups in total. The molecular weight excluding hydrogens is 270 g/mol. The van der Waals surface area contributed by atoms with Crippen molar-refractivity contribution in [2.45, 2.75) is 45.2 Å². The molecule has 0 aliphatic carbocycles. The first kappa shape index (κ1) is 17.1. The predicted octanol–water partition coefficient (Wildman–Crippen LogP) is 3.28. The van der Waals surface area contributed by atoms with Crippen LogP contribution < -0.4 is 5.32 Å². The topological polar surface area (TPSA) is 49.3 Å². The highest BCUT2D eigenvalue weighted by Crippen LogP contribution is 2.22. The third-order valence-electron chi connectivity index (χ3n) is 3.28. The summed E-state index contributed by atoms with van der Waals surface area (Å²) in [6, 6.07) is 7.91. The van der Waals surface area contributed by atoms with Crippen LogP contribution in [0.2, 0.25) is 0 Å². The molecule has 0 amide bonds. The molecule has 3 nitrogen and oxygen atoms in total. The molecule has 0 aliphatic rings. The van der Waals surface area contributed by atoms with Gasteiger partial charge in [-0.05, 0) is 35.0 Å². The van der Waals surface area contributed by atoms with Gasteiger partial charge in [0.15, 0.2) is 0 Å². The van der Waals surface area contributed by atoms with E-state index < -0.39 is 12.0 Å². The van der Waals surface area contributed by atoms with E-state index in [1.807, 2.05) is 6.26 Å². The lowest BCUT2D eigenvalue weighted by atomic mass is 9.87. The van der Waals surface area contributed by atoms with Gasteiger partial charge in [0.2, 0.25) is 0 Å². The summed E-state index contributed by atoms with van der Waals surface area (Å²) in [7, 11) is 0. The number of hydrogen-bond donors (Lipinski definition) is 2. The van der Waals surface area contributed by atoms with Crippen molar-refractivity contribution in [3.8, 4) is 0 Å². The van der Waals surface area contributed by atoms with Crippen molar-refractivity contribution >= 4 is 17.7 Å². The van der Waals surface area contributed by atoms with Crippen molar-refractivity contribution in [3.63, 3.8) is 0 Å². The summed E-state index contributed by atoms with van der Waals surface area (Å²) in [5, 5.41) is 12.3. The zero-order valence-corrected chi connectivity index (χ0v) is 13.6. The second-order valence-corrected chi connectivity index (χ2v) is 6.99. The molecule has 0 saturated heterocycles. The fourth-order valence-electron chi connectivity index (χ4n) is 1.91. The monoisotopic (exact) mass is 295 g/mol. The highest BCUT2D eigenvalue weighted by atomic mass is 32.2. The Morgan fingerprint density at radius 1 is 1.30 bits per heavy atom. The van der Waals surface area contributed by atoms with Crippen LogP contribution in [0.15, 0.2) is 24.3 Å². The van der Waals surface area contributed by atoms with Gasteiger partial charge in [-0.3, -0.25) is 4.79 Å². The number of benzene rings is 1. The summed E-state index contributed by atoms with van der Waals surface area (Å²) in [5.74, 6) is 0.0813. The molecule has 1 aromatic rings. The molecule has 0 spiro atoms. The van der Waals surface area contributed by atoms with Crippen molar-refractivity contribution in [1.82, 2.24) is 5.32 Å². The van der Waals surface area contributed by atoms with E-state index in [0.717, 1.165) is 11.3 Å². The molecule has 1 aromatic carbocycles. The lowest BCUT2D eigenvalue weighted by molar-refractivity contribution is -0.139. The molecule has 0 aromatic heterocycles. The van der Waals surface area contributed by atoms with Gasteiger partial charge in [0.25, 0.3) is 0 Å².